The van der Waals surface area contributed by atoms with Gasteiger partial charge in [-0.15, -0.1) is 0 Å². The van der Waals surface area contributed by atoms with Crippen LogP contribution in [0.3, 0.4) is 0 Å². The number of alkyl halides is 1. The van der Waals surface area contributed by atoms with Gasteiger partial charge in [-0.2, -0.15) is 0 Å². The molecule has 0 aromatic carbocycles. The second kappa shape index (κ2) is 2.46. The van der Waals surface area contributed by atoms with Gasteiger partial charge in [0.15, 0.2) is 0 Å². The highest BCUT2D eigenvalue weighted by Crippen LogP contribution is 2.49. The van der Waals surface area contributed by atoms with E-state index in [1.807, 2.05) is 18.2 Å². The number of aliphatic hydroxyl groups excluding tert-OH is 1. The number of halogens is 1. The molecule has 2 aliphatic carbocycles. The van der Waals surface area contributed by atoms with Crippen molar-refractivity contribution in [3.05, 3.63) is 24.3 Å². The first-order valence-corrected chi connectivity index (χ1v) is 4.76. The molecule has 1 saturated carbocycles. The van der Waals surface area contributed by atoms with Crippen LogP contribution >= 0.6 is 15.9 Å². The van der Waals surface area contributed by atoms with E-state index in [4.69, 9.17) is 0 Å². The highest BCUT2D eigenvalue weighted by Gasteiger charge is 2.46. The summed E-state index contributed by atoms with van der Waals surface area (Å²) in [5, 5.41) is 9.65. The van der Waals surface area contributed by atoms with Crippen LogP contribution in [-0.4, -0.2) is 15.5 Å². The lowest BCUT2D eigenvalue weighted by Crippen LogP contribution is -2.36. The van der Waals surface area contributed by atoms with Crippen molar-refractivity contribution >= 4 is 15.9 Å². The molecule has 11 heavy (non-hydrogen) atoms. The molecule has 1 fully saturated rings. The molecule has 0 spiro atoms. The predicted molar refractivity (Wildman–Crippen MR) is 48.7 cm³/mol. The van der Waals surface area contributed by atoms with Crippen LogP contribution < -0.4 is 0 Å². The summed E-state index contributed by atoms with van der Waals surface area (Å²) in [6, 6.07) is 0. The van der Waals surface area contributed by atoms with E-state index in [0.29, 0.717) is 5.92 Å². The van der Waals surface area contributed by atoms with Gasteiger partial charge in [-0.25, -0.2) is 0 Å². The SMILES string of the molecule is OC1C=CC=CC1(Br)C1CC1. The molecule has 1 N–H and O–H groups in total. The maximum Gasteiger partial charge on any atom is 0.0914 e. The van der Waals surface area contributed by atoms with Crippen molar-refractivity contribution in [3.63, 3.8) is 0 Å². The van der Waals surface area contributed by atoms with Crippen LogP contribution in [0.1, 0.15) is 12.8 Å². The maximum absolute atomic E-state index is 9.65. The first-order valence-electron chi connectivity index (χ1n) is 3.96. The fraction of sp³-hybridized carbons (Fsp3) is 0.556. The highest BCUT2D eigenvalue weighted by atomic mass is 79.9. The number of hydrogen-bond donors (Lipinski definition) is 1. The van der Waals surface area contributed by atoms with Gasteiger partial charge in [0, 0.05) is 0 Å². The molecular formula is C9H11BrO. The second-order valence-electron chi connectivity index (χ2n) is 3.29. The van der Waals surface area contributed by atoms with Gasteiger partial charge in [-0.05, 0) is 18.8 Å². The third kappa shape index (κ3) is 1.18. The zero-order chi connectivity index (χ0) is 7.90. The van der Waals surface area contributed by atoms with Gasteiger partial charge in [-0.3, -0.25) is 0 Å². The first kappa shape index (κ1) is 7.56. The van der Waals surface area contributed by atoms with Crippen molar-refractivity contribution in [2.24, 2.45) is 5.92 Å². The Morgan fingerprint density at radius 2 is 2.09 bits per heavy atom. The largest absolute Gasteiger partial charge is 0.387 e. The minimum absolute atomic E-state index is 0.151. The molecular weight excluding hydrogens is 204 g/mol. The van der Waals surface area contributed by atoms with E-state index in [0.717, 1.165) is 0 Å². The lowest BCUT2D eigenvalue weighted by atomic mass is 9.93. The highest BCUT2D eigenvalue weighted by molar-refractivity contribution is 9.10. The molecule has 0 aliphatic heterocycles. The molecule has 2 rings (SSSR count). The Bertz CT molecular complexity index is 218. The van der Waals surface area contributed by atoms with E-state index in [1.54, 1.807) is 0 Å². The molecule has 60 valence electrons. The van der Waals surface area contributed by atoms with E-state index in [9.17, 15) is 5.11 Å². The normalized spacial score (nSPS) is 42.9. The van der Waals surface area contributed by atoms with Crippen molar-refractivity contribution in [3.8, 4) is 0 Å². The Morgan fingerprint density at radius 1 is 1.36 bits per heavy atom. The predicted octanol–water partition coefficient (Wildman–Crippen LogP) is 2.02. The van der Waals surface area contributed by atoms with Crippen LogP contribution in [0.2, 0.25) is 0 Å². The average Bonchev–Trinajstić information content (AvgIpc) is 2.77. The summed E-state index contributed by atoms with van der Waals surface area (Å²) in [5.74, 6) is 0.638. The summed E-state index contributed by atoms with van der Waals surface area (Å²) < 4.78 is -0.151. The summed E-state index contributed by atoms with van der Waals surface area (Å²) in [6.45, 7) is 0. The summed E-state index contributed by atoms with van der Waals surface area (Å²) in [5.41, 5.74) is 0. The van der Waals surface area contributed by atoms with Gasteiger partial charge in [0.2, 0.25) is 0 Å². The number of aliphatic hydroxyl groups is 1. The third-order valence-corrected chi connectivity index (χ3v) is 3.79. The molecule has 1 nitrogen and oxygen atoms in total. The standard InChI is InChI=1S/C9H11BrO/c10-9(7-4-5-7)6-2-1-3-8(9)11/h1-3,6-8,11H,4-5H2. The number of rotatable bonds is 1. The molecule has 0 heterocycles. The van der Waals surface area contributed by atoms with Crippen molar-refractivity contribution in [2.75, 3.05) is 0 Å². The van der Waals surface area contributed by atoms with Crippen LogP contribution in [-0.2, 0) is 0 Å². The summed E-state index contributed by atoms with van der Waals surface area (Å²) in [4.78, 5) is 0. The van der Waals surface area contributed by atoms with Crippen molar-refractivity contribution in [2.45, 2.75) is 23.3 Å². The molecule has 2 aliphatic rings. The molecule has 0 amide bonds. The topological polar surface area (TPSA) is 20.2 Å². The molecule has 2 unspecified atom stereocenters. The zero-order valence-electron chi connectivity index (χ0n) is 6.20. The molecule has 2 atom stereocenters. The summed E-state index contributed by atoms with van der Waals surface area (Å²) in [7, 11) is 0. The summed E-state index contributed by atoms with van der Waals surface area (Å²) in [6.07, 6.45) is 9.93. The third-order valence-electron chi connectivity index (χ3n) is 2.41. The lowest BCUT2D eigenvalue weighted by Gasteiger charge is -2.29. The van der Waals surface area contributed by atoms with Crippen LogP contribution in [0, 0.1) is 5.92 Å². The van der Waals surface area contributed by atoms with Gasteiger partial charge in [-0.1, -0.05) is 40.2 Å². The van der Waals surface area contributed by atoms with Gasteiger partial charge in [0.05, 0.1) is 10.4 Å². The average molecular weight is 215 g/mol. The lowest BCUT2D eigenvalue weighted by molar-refractivity contribution is 0.184. The summed E-state index contributed by atoms with van der Waals surface area (Å²) >= 11 is 3.60. The molecule has 0 aromatic rings. The van der Waals surface area contributed by atoms with Gasteiger partial charge < -0.3 is 5.11 Å². The van der Waals surface area contributed by atoms with Crippen LogP contribution in [0.25, 0.3) is 0 Å². The monoisotopic (exact) mass is 214 g/mol. The van der Waals surface area contributed by atoms with E-state index in [2.05, 4.69) is 22.0 Å². The molecule has 0 radical (unpaired) electrons. The smallest absolute Gasteiger partial charge is 0.0914 e. The van der Waals surface area contributed by atoms with Crippen LogP contribution in [0.5, 0.6) is 0 Å². The Morgan fingerprint density at radius 3 is 2.64 bits per heavy atom. The fourth-order valence-corrected chi connectivity index (χ4v) is 2.28. The second-order valence-corrected chi connectivity index (χ2v) is 4.66. The van der Waals surface area contributed by atoms with E-state index in [1.165, 1.54) is 12.8 Å². The Labute approximate surface area is 74.9 Å². The van der Waals surface area contributed by atoms with E-state index < -0.39 is 0 Å². The minimum atomic E-state index is -0.347. The maximum atomic E-state index is 9.65. The minimum Gasteiger partial charge on any atom is -0.387 e. The van der Waals surface area contributed by atoms with Crippen molar-refractivity contribution in [1.82, 2.24) is 0 Å². The van der Waals surface area contributed by atoms with Crippen molar-refractivity contribution in [1.29, 1.82) is 0 Å². The van der Waals surface area contributed by atoms with Crippen LogP contribution in [0.15, 0.2) is 24.3 Å². The Hall–Kier alpha value is -0.0800. The van der Waals surface area contributed by atoms with E-state index in [-0.39, 0.29) is 10.4 Å². The Balaban J connectivity index is 2.22. The van der Waals surface area contributed by atoms with Gasteiger partial charge in [0.1, 0.15) is 0 Å². The molecule has 2 heteroatoms. The number of hydrogen-bond acceptors (Lipinski definition) is 1. The zero-order valence-corrected chi connectivity index (χ0v) is 7.79. The van der Waals surface area contributed by atoms with Gasteiger partial charge >= 0.3 is 0 Å². The first-order chi connectivity index (χ1) is 5.23. The fourth-order valence-electron chi connectivity index (χ4n) is 1.52. The molecule has 0 saturated heterocycles. The van der Waals surface area contributed by atoms with Gasteiger partial charge in [0.25, 0.3) is 0 Å². The van der Waals surface area contributed by atoms with Crippen molar-refractivity contribution < 1.29 is 5.11 Å². The number of allylic oxidation sites excluding steroid dienone is 2. The Kier molecular flexibility index (Phi) is 1.69. The quantitative estimate of drug-likeness (QED) is 0.663. The van der Waals surface area contributed by atoms with Crippen LogP contribution in [0.4, 0.5) is 0 Å². The molecule has 0 aromatic heterocycles. The molecule has 0 bridgehead atoms. The van der Waals surface area contributed by atoms with E-state index >= 15 is 0 Å².